The smallest absolute Gasteiger partial charge is 0.196 e. The van der Waals surface area contributed by atoms with Crippen molar-refractivity contribution in [3.8, 4) is 0 Å². The van der Waals surface area contributed by atoms with Crippen LogP contribution in [0, 0.1) is 12.8 Å². The average Bonchev–Trinajstić information content (AvgIpc) is 3.48. The van der Waals surface area contributed by atoms with Gasteiger partial charge >= 0.3 is 0 Å². The zero-order chi connectivity index (χ0) is 24.4. The van der Waals surface area contributed by atoms with E-state index in [1.165, 1.54) is 6.33 Å². The Kier molecular flexibility index (Phi) is 7.27. The summed E-state index contributed by atoms with van der Waals surface area (Å²) in [4.78, 5) is 43.5. The molecule has 1 aliphatic heterocycles. The molecule has 1 saturated heterocycles. The van der Waals surface area contributed by atoms with Gasteiger partial charge in [-0.05, 0) is 57.0 Å². The summed E-state index contributed by atoms with van der Waals surface area (Å²) in [6, 6.07) is 2.16. The van der Waals surface area contributed by atoms with Gasteiger partial charge in [-0.25, -0.2) is 9.97 Å². The Bertz CT molecular complexity index is 1190. The first kappa shape index (κ1) is 24.1. The summed E-state index contributed by atoms with van der Waals surface area (Å²) >= 11 is 1.58. The van der Waals surface area contributed by atoms with Crippen molar-refractivity contribution < 1.29 is 9.59 Å². The number of ketones is 2. The van der Waals surface area contributed by atoms with Gasteiger partial charge in [0.05, 0.1) is 17.5 Å². The quantitative estimate of drug-likeness (QED) is 0.461. The maximum absolute atomic E-state index is 13.2. The monoisotopic (exact) mass is 494 g/mol. The fraction of sp³-hybridized carbons (Fsp3) is 0.538. The minimum Gasteiger partial charge on any atom is -0.367 e. The van der Waals surface area contributed by atoms with Crippen LogP contribution < -0.4 is 5.32 Å². The molecule has 2 fully saturated rings. The van der Waals surface area contributed by atoms with Gasteiger partial charge in [0.2, 0.25) is 0 Å². The van der Waals surface area contributed by atoms with Crippen LogP contribution in [0.2, 0.25) is 0 Å². The topological polar surface area (TPSA) is 94.2 Å². The Morgan fingerprint density at radius 3 is 2.60 bits per heavy atom. The number of likely N-dealkylation sites (N-methyl/N-ethyl adjacent to an activating group) is 1. The molecule has 1 saturated carbocycles. The van der Waals surface area contributed by atoms with E-state index in [1.807, 2.05) is 18.4 Å². The van der Waals surface area contributed by atoms with Crippen molar-refractivity contribution in [2.75, 3.05) is 45.1 Å². The molecule has 5 rings (SSSR count). The van der Waals surface area contributed by atoms with Crippen LogP contribution in [0.5, 0.6) is 0 Å². The second kappa shape index (κ2) is 10.6. The summed E-state index contributed by atoms with van der Waals surface area (Å²) in [5.41, 5.74) is 2.00. The van der Waals surface area contributed by atoms with E-state index in [2.05, 4.69) is 37.1 Å². The first-order chi connectivity index (χ1) is 17.0. The molecule has 0 radical (unpaired) electrons. The van der Waals surface area contributed by atoms with Crippen molar-refractivity contribution in [2.24, 2.45) is 5.92 Å². The number of carbonyl (C=O) groups excluding carboxylic acids is 2. The molecule has 4 heterocycles. The van der Waals surface area contributed by atoms with Crippen LogP contribution in [-0.4, -0.2) is 82.1 Å². The molecule has 0 amide bonds. The predicted molar refractivity (Wildman–Crippen MR) is 139 cm³/mol. The van der Waals surface area contributed by atoms with Crippen molar-refractivity contribution in [3.05, 3.63) is 40.0 Å². The Morgan fingerprint density at radius 2 is 1.89 bits per heavy atom. The molecule has 9 heteroatoms. The lowest BCUT2D eigenvalue weighted by atomic mass is 9.83. The van der Waals surface area contributed by atoms with E-state index in [4.69, 9.17) is 0 Å². The van der Waals surface area contributed by atoms with Crippen molar-refractivity contribution in [2.45, 2.75) is 45.1 Å². The lowest BCUT2D eigenvalue weighted by molar-refractivity contribution is -0.121. The largest absolute Gasteiger partial charge is 0.367 e. The highest BCUT2D eigenvalue weighted by atomic mass is 32.1. The number of thiophene rings is 1. The summed E-state index contributed by atoms with van der Waals surface area (Å²) in [5.74, 6) is 1.55. The third-order valence-corrected chi connectivity index (χ3v) is 8.36. The number of H-pyrrole nitrogens is 1. The molecule has 0 spiro atoms. The van der Waals surface area contributed by atoms with E-state index in [1.54, 1.807) is 17.5 Å². The highest BCUT2D eigenvalue weighted by molar-refractivity contribution is 7.10. The molecule has 2 N–H and O–H groups in total. The molecular weight excluding hydrogens is 460 g/mol. The number of hydrogen-bond acceptors (Lipinski definition) is 8. The summed E-state index contributed by atoms with van der Waals surface area (Å²) in [6.07, 6.45) is 8.03. The molecule has 0 bridgehead atoms. The summed E-state index contributed by atoms with van der Waals surface area (Å²) in [7, 11) is 2.14. The number of aromatic amines is 1. The highest BCUT2D eigenvalue weighted by Crippen LogP contribution is 2.32. The van der Waals surface area contributed by atoms with Gasteiger partial charge in [0.25, 0.3) is 0 Å². The van der Waals surface area contributed by atoms with Crippen LogP contribution in [0.15, 0.2) is 24.0 Å². The number of carbonyl (C=O) groups is 2. The Balaban J connectivity index is 1.19. The number of Topliss-reactive ketones (excluding diaryl/α,β-unsaturated/α-hetero) is 1. The van der Waals surface area contributed by atoms with Crippen LogP contribution in [0.25, 0.3) is 11.0 Å². The molecule has 35 heavy (non-hydrogen) atoms. The van der Waals surface area contributed by atoms with Crippen LogP contribution in [0.4, 0.5) is 5.82 Å². The summed E-state index contributed by atoms with van der Waals surface area (Å²) < 4.78 is 0. The van der Waals surface area contributed by atoms with E-state index in [-0.39, 0.29) is 11.8 Å². The van der Waals surface area contributed by atoms with Crippen molar-refractivity contribution >= 4 is 39.8 Å². The van der Waals surface area contributed by atoms with Crippen LogP contribution in [0.3, 0.4) is 0 Å². The van der Waals surface area contributed by atoms with Gasteiger partial charge in [-0.2, -0.15) is 0 Å². The first-order valence-electron chi connectivity index (χ1n) is 12.6. The van der Waals surface area contributed by atoms with E-state index in [0.29, 0.717) is 41.7 Å². The van der Waals surface area contributed by atoms with E-state index >= 15 is 0 Å². The normalized spacial score (nSPS) is 21.9. The van der Waals surface area contributed by atoms with Crippen molar-refractivity contribution in [1.82, 2.24) is 24.8 Å². The fourth-order valence-corrected chi connectivity index (χ4v) is 6.06. The summed E-state index contributed by atoms with van der Waals surface area (Å²) in [6.45, 7) is 6.63. The Morgan fingerprint density at radius 1 is 1.11 bits per heavy atom. The number of nitrogens with zero attached hydrogens (tertiary/aromatic N) is 4. The van der Waals surface area contributed by atoms with Crippen LogP contribution >= 0.6 is 11.3 Å². The lowest BCUT2D eigenvalue weighted by Crippen LogP contribution is -2.46. The number of aromatic nitrogens is 3. The molecule has 2 aliphatic rings. The maximum atomic E-state index is 13.2. The second-order valence-electron chi connectivity index (χ2n) is 10.1. The SMILES string of the molecule is Cc1sccc1C(=O)c1c[nH]c2ncnc(NC3CCC(CC(=O)CN4CCN(C)CC4)CC3)c12. The van der Waals surface area contributed by atoms with Gasteiger partial charge < -0.3 is 15.2 Å². The van der Waals surface area contributed by atoms with E-state index in [9.17, 15) is 9.59 Å². The predicted octanol–water partition coefficient (Wildman–Crippen LogP) is 3.74. The molecule has 0 unspecified atom stereocenters. The number of anilines is 1. The zero-order valence-corrected chi connectivity index (χ0v) is 21.4. The fourth-order valence-electron chi connectivity index (χ4n) is 5.36. The lowest BCUT2D eigenvalue weighted by Gasteiger charge is -2.33. The average molecular weight is 495 g/mol. The molecule has 3 aromatic rings. The molecule has 3 aromatic heterocycles. The number of rotatable bonds is 8. The van der Waals surface area contributed by atoms with E-state index < -0.39 is 0 Å². The van der Waals surface area contributed by atoms with Crippen molar-refractivity contribution in [1.29, 1.82) is 0 Å². The van der Waals surface area contributed by atoms with Crippen molar-refractivity contribution in [3.63, 3.8) is 0 Å². The minimum atomic E-state index is -0.00424. The third-order valence-electron chi connectivity index (χ3n) is 7.52. The molecular formula is C26H34N6O2S. The number of fused-ring (bicyclic) bond motifs is 1. The maximum Gasteiger partial charge on any atom is 0.196 e. The standard InChI is InChI=1S/C26H34N6O2S/c1-17-21(7-12-35-17)24(34)22-14-27-25-23(22)26(29-16-28-25)30-19-5-3-18(4-6-19)13-20(33)15-32-10-8-31(2)9-11-32/h7,12,14,16,18-19H,3-6,8-11,13,15H2,1-2H3,(H2,27,28,29,30). The Labute approximate surface area is 210 Å². The number of piperazine rings is 1. The molecule has 8 nitrogen and oxygen atoms in total. The van der Waals surface area contributed by atoms with E-state index in [0.717, 1.165) is 67.7 Å². The van der Waals surface area contributed by atoms with Gasteiger partial charge in [0, 0.05) is 55.3 Å². The number of nitrogens with one attached hydrogen (secondary N) is 2. The third kappa shape index (κ3) is 5.47. The molecule has 0 atom stereocenters. The van der Waals surface area contributed by atoms with Crippen LogP contribution in [0.1, 0.15) is 52.9 Å². The second-order valence-corrected chi connectivity index (χ2v) is 11.2. The van der Waals surface area contributed by atoms with Gasteiger partial charge in [0.1, 0.15) is 23.6 Å². The molecule has 186 valence electrons. The Hall–Kier alpha value is -2.62. The molecule has 0 aromatic carbocycles. The molecule has 1 aliphatic carbocycles. The van der Waals surface area contributed by atoms with Crippen LogP contribution in [-0.2, 0) is 4.79 Å². The van der Waals surface area contributed by atoms with Gasteiger partial charge in [0.15, 0.2) is 5.78 Å². The minimum absolute atomic E-state index is 0.00424. The number of hydrogen-bond donors (Lipinski definition) is 2. The highest BCUT2D eigenvalue weighted by Gasteiger charge is 2.26. The van der Waals surface area contributed by atoms with Gasteiger partial charge in [-0.1, -0.05) is 0 Å². The number of aryl methyl sites for hydroxylation is 1. The first-order valence-corrected chi connectivity index (χ1v) is 13.5. The van der Waals surface area contributed by atoms with Gasteiger partial charge in [-0.15, -0.1) is 11.3 Å². The zero-order valence-electron chi connectivity index (χ0n) is 20.5. The van der Waals surface area contributed by atoms with Gasteiger partial charge in [-0.3, -0.25) is 14.5 Å². The summed E-state index contributed by atoms with van der Waals surface area (Å²) in [5, 5.41) is 6.29.